The van der Waals surface area contributed by atoms with Gasteiger partial charge in [0.15, 0.2) is 0 Å². The summed E-state index contributed by atoms with van der Waals surface area (Å²) in [5, 5.41) is 0. The van der Waals surface area contributed by atoms with Crippen LogP contribution >= 0.6 is 0 Å². The lowest BCUT2D eigenvalue weighted by Gasteiger charge is -2.16. The number of fused-ring (bicyclic) bond motifs is 1. The molecule has 0 saturated carbocycles. The van der Waals surface area contributed by atoms with Crippen LogP contribution in [-0.2, 0) is 21.2 Å². The van der Waals surface area contributed by atoms with Gasteiger partial charge in [-0.1, -0.05) is 12.1 Å². The molecule has 1 aliphatic rings. The van der Waals surface area contributed by atoms with E-state index < -0.39 is 15.8 Å². The average molecular weight is 348 g/mol. The van der Waals surface area contributed by atoms with E-state index in [9.17, 15) is 17.6 Å². The van der Waals surface area contributed by atoms with Gasteiger partial charge in [-0.15, -0.1) is 0 Å². The summed E-state index contributed by atoms with van der Waals surface area (Å²) in [6.07, 6.45) is 0.741. The molecule has 3 rings (SSSR count). The lowest BCUT2D eigenvalue weighted by molar-refractivity contribution is -0.116. The first-order valence-corrected chi connectivity index (χ1v) is 8.96. The molecule has 2 aromatic carbocycles. The molecule has 0 unspecified atom stereocenters. The normalized spacial score (nSPS) is 13.7. The van der Waals surface area contributed by atoms with Crippen LogP contribution in [0.4, 0.5) is 15.8 Å². The Labute approximate surface area is 140 Å². The second kappa shape index (κ2) is 5.90. The van der Waals surface area contributed by atoms with Crippen molar-refractivity contribution in [2.24, 2.45) is 0 Å². The zero-order chi connectivity index (χ0) is 17.5. The largest absolute Gasteiger partial charge is 0.312 e. The molecular formula is C17H17FN2O3S. The number of benzene rings is 2. The van der Waals surface area contributed by atoms with Gasteiger partial charge in [0.1, 0.15) is 5.82 Å². The molecule has 0 atom stereocenters. The molecule has 7 heteroatoms. The van der Waals surface area contributed by atoms with E-state index in [0.29, 0.717) is 23.5 Å². The van der Waals surface area contributed by atoms with Crippen LogP contribution in [0.15, 0.2) is 41.3 Å². The zero-order valence-corrected chi connectivity index (χ0v) is 14.2. The minimum Gasteiger partial charge on any atom is -0.312 e. The highest BCUT2D eigenvalue weighted by Crippen LogP contribution is 2.32. The number of aryl methyl sites for hydroxylation is 1. The minimum atomic E-state index is -3.92. The molecule has 0 aliphatic carbocycles. The van der Waals surface area contributed by atoms with Gasteiger partial charge in [-0.05, 0) is 48.7 Å². The van der Waals surface area contributed by atoms with Crippen molar-refractivity contribution in [3.8, 4) is 0 Å². The molecule has 1 N–H and O–H groups in total. The monoisotopic (exact) mass is 348 g/mol. The molecule has 0 aromatic heterocycles. The van der Waals surface area contributed by atoms with E-state index in [-0.39, 0.29) is 10.8 Å². The summed E-state index contributed by atoms with van der Waals surface area (Å²) >= 11 is 0. The van der Waals surface area contributed by atoms with Crippen LogP contribution in [0.2, 0.25) is 0 Å². The molecule has 24 heavy (non-hydrogen) atoms. The molecule has 0 radical (unpaired) electrons. The van der Waals surface area contributed by atoms with E-state index in [0.717, 1.165) is 18.1 Å². The van der Waals surface area contributed by atoms with E-state index in [1.165, 1.54) is 19.1 Å². The van der Waals surface area contributed by atoms with Crippen LogP contribution in [0, 0.1) is 12.7 Å². The number of carbonyl (C=O) groups is 1. The molecule has 0 spiro atoms. The predicted octanol–water partition coefficient (Wildman–Crippen LogP) is 2.84. The molecule has 126 valence electrons. The number of rotatable bonds is 3. The van der Waals surface area contributed by atoms with Crippen molar-refractivity contribution in [3.63, 3.8) is 0 Å². The molecule has 5 nitrogen and oxygen atoms in total. The van der Waals surface area contributed by atoms with Gasteiger partial charge in [-0.25, -0.2) is 12.8 Å². The SMILES string of the molecule is CC(=O)N1CCc2ccc(NS(=O)(=O)c3cc(F)ccc3C)cc21. The van der Waals surface area contributed by atoms with Crippen molar-refractivity contribution in [1.29, 1.82) is 0 Å². The summed E-state index contributed by atoms with van der Waals surface area (Å²) in [5.41, 5.74) is 2.50. The fourth-order valence-corrected chi connectivity index (χ4v) is 4.15. The summed E-state index contributed by atoms with van der Waals surface area (Å²) < 4.78 is 40.9. The van der Waals surface area contributed by atoms with E-state index in [4.69, 9.17) is 0 Å². The molecule has 1 amide bonds. The van der Waals surface area contributed by atoms with Gasteiger partial charge in [0.25, 0.3) is 10.0 Å². The molecule has 1 aliphatic heterocycles. The van der Waals surface area contributed by atoms with Crippen LogP contribution in [0.25, 0.3) is 0 Å². The molecule has 0 fully saturated rings. The molecule has 0 bridgehead atoms. The maximum Gasteiger partial charge on any atom is 0.262 e. The van der Waals surface area contributed by atoms with Crippen molar-refractivity contribution in [2.45, 2.75) is 25.2 Å². The fraction of sp³-hybridized carbons (Fsp3) is 0.235. The molecular weight excluding hydrogens is 331 g/mol. The first-order valence-electron chi connectivity index (χ1n) is 7.48. The van der Waals surface area contributed by atoms with E-state index in [1.807, 2.05) is 0 Å². The number of nitrogens with one attached hydrogen (secondary N) is 1. The summed E-state index contributed by atoms with van der Waals surface area (Å²) in [6.45, 7) is 3.67. The zero-order valence-electron chi connectivity index (χ0n) is 13.3. The highest BCUT2D eigenvalue weighted by atomic mass is 32.2. The first-order chi connectivity index (χ1) is 11.3. The average Bonchev–Trinajstić information content (AvgIpc) is 2.92. The lowest BCUT2D eigenvalue weighted by Crippen LogP contribution is -2.25. The molecule has 0 saturated heterocycles. The van der Waals surface area contributed by atoms with Crippen LogP contribution in [0.1, 0.15) is 18.1 Å². The van der Waals surface area contributed by atoms with Crippen molar-refractivity contribution in [2.75, 3.05) is 16.2 Å². The quantitative estimate of drug-likeness (QED) is 0.927. The Kier molecular flexibility index (Phi) is 4.04. The summed E-state index contributed by atoms with van der Waals surface area (Å²) in [5.74, 6) is -0.701. The molecule has 1 heterocycles. The van der Waals surface area contributed by atoms with Crippen molar-refractivity contribution in [3.05, 3.63) is 53.3 Å². The first kappa shape index (κ1) is 16.4. The predicted molar refractivity (Wildman–Crippen MR) is 90.1 cm³/mol. The van der Waals surface area contributed by atoms with Crippen LogP contribution in [0.5, 0.6) is 0 Å². The van der Waals surface area contributed by atoms with Crippen LogP contribution in [0.3, 0.4) is 0 Å². The lowest BCUT2D eigenvalue weighted by atomic mass is 10.1. The number of nitrogens with zero attached hydrogens (tertiary/aromatic N) is 1. The Morgan fingerprint density at radius 1 is 1.21 bits per heavy atom. The second-order valence-electron chi connectivity index (χ2n) is 5.78. The van der Waals surface area contributed by atoms with E-state index in [1.54, 1.807) is 30.0 Å². The Morgan fingerprint density at radius 3 is 2.67 bits per heavy atom. The Bertz CT molecular complexity index is 925. The van der Waals surface area contributed by atoms with E-state index in [2.05, 4.69) is 4.72 Å². The summed E-state index contributed by atoms with van der Waals surface area (Å²) in [7, 11) is -3.92. The highest BCUT2D eigenvalue weighted by Gasteiger charge is 2.24. The summed E-state index contributed by atoms with van der Waals surface area (Å²) in [6, 6.07) is 8.71. The van der Waals surface area contributed by atoms with Crippen LogP contribution < -0.4 is 9.62 Å². The Balaban J connectivity index is 1.95. The summed E-state index contributed by atoms with van der Waals surface area (Å²) in [4.78, 5) is 13.2. The van der Waals surface area contributed by atoms with Gasteiger partial charge in [-0.2, -0.15) is 0 Å². The van der Waals surface area contributed by atoms with Crippen molar-refractivity contribution >= 4 is 27.3 Å². The van der Waals surface area contributed by atoms with Gasteiger partial charge in [0, 0.05) is 19.2 Å². The van der Waals surface area contributed by atoms with Gasteiger partial charge in [0.05, 0.1) is 10.6 Å². The second-order valence-corrected chi connectivity index (χ2v) is 7.43. The number of amides is 1. The number of halogens is 1. The maximum absolute atomic E-state index is 13.4. The third-order valence-corrected chi connectivity index (χ3v) is 5.58. The number of hydrogen-bond donors (Lipinski definition) is 1. The smallest absolute Gasteiger partial charge is 0.262 e. The van der Waals surface area contributed by atoms with Gasteiger partial charge < -0.3 is 4.90 Å². The Hall–Kier alpha value is -2.41. The van der Waals surface area contributed by atoms with Crippen molar-refractivity contribution < 1.29 is 17.6 Å². The van der Waals surface area contributed by atoms with Gasteiger partial charge in [0.2, 0.25) is 5.91 Å². The van der Waals surface area contributed by atoms with Crippen molar-refractivity contribution in [1.82, 2.24) is 0 Å². The third kappa shape index (κ3) is 2.99. The van der Waals surface area contributed by atoms with Crippen LogP contribution in [-0.4, -0.2) is 20.9 Å². The highest BCUT2D eigenvalue weighted by molar-refractivity contribution is 7.92. The molecule has 2 aromatic rings. The van der Waals surface area contributed by atoms with Gasteiger partial charge in [-0.3, -0.25) is 9.52 Å². The maximum atomic E-state index is 13.4. The third-order valence-electron chi connectivity index (χ3n) is 4.05. The topological polar surface area (TPSA) is 66.5 Å². The fourth-order valence-electron chi connectivity index (χ4n) is 2.84. The minimum absolute atomic E-state index is 0.0882. The Morgan fingerprint density at radius 2 is 1.96 bits per heavy atom. The van der Waals surface area contributed by atoms with E-state index >= 15 is 0 Å². The number of carbonyl (C=O) groups excluding carboxylic acids is 1. The van der Waals surface area contributed by atoms with Gasteiger partial charge >= 0.3 is 0 Å². The standard InChI is InChI=1S/C17H17FN2O3S/c1-11-3-5-14(18)9-17(11)24(22,23)19-15-6-4-13-7-8-20(12(2)21)16(13)10-15/h3-6,9-10,19H,7-8H2,1-2H3. The number of hydrogen-bond acceptors (Lipinski definition) is 3. The number of anilines is 2. The number of sulfonamides is 1.